The van der Waals surface area contributed by atoms with E-state index in [4.69, 9.17) is 15.6 Å². The Morgan fingerprint density at radius 3 is 2.19 bits per heavy atom. The molecular formula is C23H28F3N3O3. The number of carboxylic acid groups (broad SMARTS) is 1. The summed E-state index contributed by atoms with van der Waals surface area (Å²) in [5.74, 6) is -3.21. The van der Waals surface area contributed by atoms with E-state index in [1.54, 1.807) is 12.3 Å². The van der Waals surface area contributed by atoms with Gasteiger partial charge in [0.1, 0.15) is 0 Å². The molecule has 6 nitrogen and oxygen atoms in total. The highest BCUT2D eigenvalue weighted by Gasteiger charge is 2.38. The van der Waals surface area contributed by atoms with Gasteiger partial charge in [-0.2, -0.15) is 13.2 Å². The molecule has 0 radical (unpaired) electrons. The van der Waals surface area contributed by atoms with Crippen LogP contribution in [-0.4, -0.2) is 34.2 Å². The first-order chi connectivity index (χ1) is 14.9. The van der Waals surface area contributed by atoms with Crippen LogP contribution in [0.2, 0.25) is 0 Å². The highest BCUT2D eigenvalue weighted by atomic mass is 19.4. The number of halogens is 3. The molecule has 32 heavy (non-hydrogen) atoms. The van der Waals surface area contributed by atoms with Crippen LogP contribution < -0.4 is 11.1 Å². The van der Waals surface area contributed by atoms with E-state index in [9.17, 15) is 18.0 Å². The average molecular weight is 451 g/mol. The summed E-state index contributed by atoms with van der Waals surface area (Å²) in [6.07, 6.45) is 3.28. The van der Waals surface area contributed by atoms with Crippen LogP contribution in [0.4, 0.5) is 13.2 Å². The summed E-state index contributed by atoms with van der Waals surface area (Å²) in [7, 11) is 0. The molecule has 1 amide bonds. The van der Waals surface area contributed by atoms with Crippen molar-refractivity contribution in [2.75, 3.05) is 0 Å². The molecule has 0 aliphatic heterocycles. The molecule has 1 fully saturated rings. The van der Waals surface area contributed by atoms with E-state index >= 15 is 0 Å². The molecule has 4 N–H and O–H groups in total. The molecule has 0 saturated heterocycles. The van der Waals surface area contributed by atoms with Gasteiger partial charge in [0.05, 0.1) is 5.56 Å². The minimum absolute atomic E-state index is 0.434. The summed E-state index contributed by atoms with van der Waals surface area (Å²) < 4.78 is 31.7. The van der Waals surface area contributed by atoms with Crippen molar-refractivity contribution < 1.29 is 27.9 Å². The van der Waals surface area contributed by atoms with Gasteiger partial charge in [0.25, 0.3) is 0 Å². The first kappa shape index (κ1) is 25.3. The summed E-state index contributed by atoms with van der Waals surface area (Å²) in [6, 6.07) is 10.8. The molecule has 0 atom stereocenters. The lowest BCUT2D eigenvalue weighted by molar-refractivity contribution is -0.192. The van der Waals surface area contributed by atoms with Crippen LogP contribution >= 0.6 is 0 Å². The maximum Gasteiger partial charge on any atom is 0.490 e. The number of nitrogens with two attached hydrogens (primary N) is 1. The Hall–Kier alpha value is -2.94. The van der Waals surface area contributed by atoms with Gasteiger partial charge in [0, 0.05) is 30.5 Å². The molecule has 174 valence electrons. The fraction of sp³-hybridized carbons (Fsp3) is 0.435. The van der Waals surface area contributed by atoms with Crippen LogP contribution in [0, 0.1) is 5.41 Å². The number of carbonyl (C=O) groups is 2. The second-order valence-electron chi connectivity index (χ2n) is 8.65. The van der Waals surface area contributed by atoms with Crippen molar-refractivity contribution in [2.45, 2.75) is 58.3 Å². The van der Waals surface area contributed by atoms with Crippen LogP contribution in [0.15, 0.2) is 42.7 Å². The van der Waals surface area contributed by atoms with E-state index in [-0.39, 0.29) is 0 Å². The van der Waals surface area contributed by atoms with E-state index in [1.165, 1.54) is 37.4 Å². The summed E-state index contributed by atoms with van der Waals surface area (Å²) in [5.41, 5.74) is 9.48. The fourth-order valence-electron chi connectivity index (χ4n) is 3.41. The van der Waals surface area contributed by atoms with Gasteiger partial charge in [0.15, 0.2) is 0 Å². The molecule has 0 bridgehead atoms. The monoisotopic (exact) mass is 451 g/mol. The number of primary amides is 1. The Labute approximate surface area is 185 Å². The van der Waals surface area contributed by atoms with Crippen molar-refractivity contribution in [1.29, 1.82) is 0 Å². The third-order valence-electron chi connectivity index (χ3n) is 5.49. The Bertz CT molecular complexity index is 918. The number of aromatic nitrogens is 1. The zero-order valence-corrected chi connectivity index (χ0v) is 18.1. The lowest BCUT2D eigenvalue weighted by atomic mass is 9.75. The molecule has 1 aromatic heterocycles. The highest BCUT2D eigenvalue weighted by molar-refractivity contribution is 5.93. The third kappa shape index (κ3) is 7.96. The molecule has 1 heterocycles. The number of benzene rings is 1. The lowest BCUT2D eigenvalue weighted by Crippen LogP contribution is -2.35. The van der Waals surface area contributed by atoms with Crippen molar-refractivity contribution >= 4 is 11.9 Å². The number of nitrogens with one attached hydrogen (secondary N) is 1. The van der Waals surface area contributed by atoms with Gasteiger partial charge in [-0.25, -0.2) is 4.79 Å². The van der Waals surface area contributed by atoms with Gasteiger partial charge in [0.2, 0.25) is 5.91 Å². The number of rotatable bonds is 5. The Balaban J connectivity index is 0.000000451. The smallest absolute Gasteiger partial charge is 0.475 e. The van der Waals surface area contributed by atoms with E-state index < -0.39 is 18.1 Å². The van der Waals surface area contributed by atoms with Crippen molar-refractivity contribution in [3.05, 3.63) is 53.9 Å². The normalized spacial score (nSPS) is 16.0. The predicted molar refractivity (Wildman–Crippen MR) is 115 cm³/mol. The van der Waals surface area contributed by atoms with Crippen LogP contribution in [0.5, 0.6) is 0 Å². The number of carboxylic acids is 1. The zero-order valence-electron chi connectivity index (χ0n) is 18.1. The molecule has 0 spiro atoms. The molecule has 9 heteroatoms. The van der Waals surface area contributed by atoms with Crippen LogP contribution in [0.25, 0.3) is 11.1 Å². The van der Waals surface area contributed by atoms with Crippen LogP contribution in [0.3, 0.4) is 0 Å². The SMILES string of the molecule is CC1(C)CCC(NCc2ccc(-c3cncc(C(N)=O)c3)cc2)CC1.O=C(O)C(F)(F)F. The van der Waals surface area contributed by atoms with Gasteiger partial charge >= 0.3 is 12.1 Å². The maximum absolute atomic E-state index is 11.3. The molecule has 0 unspecified atom stereocenters. The number of amides is 1. The van der Waals surface area contributed by atoms with Gasteiger partial charge in [-0.1, -0.05) is 38.1 Å². The maximum atomic E-state index is 11.3. The van der Waals surface area contributed by atoms with Crippen LogP contribution in [0.1, 0.15) is 55.5 Å². The number of hydrogen-bond acceptors (Lipinski definition) is 4. The number of hydrogen-bond donors (Lipinski definition) is 3. The fourth-order valence-corrected chi connectivity index (χ4v) is 3.41. The second kappa shape index (κ2) is 10.6. The third-order valence-corrected chi connectivity index (χ3v) is 5.49. The Kier molecular flexibility index (Phi) is 8.38. The molecular weight excluding hydrogens is 423 g/mol. The quantitative estimate of drug-likeness (QED) is 0.619. The van der Waals surface area contributed by atoms with Crippen molar-refractivity contribution in [1.82, 2.24) is 10.3 Å². The van der Waals surface area contributed by atoms with E-state index in [0.29, 0.717) is 17.0 Å². The Morgan fingerprint density at radius 1 is 1.12 bits per heavy atom. The topological polar surface area (TPSA) is 105 Å². The van der Waals surface area contributed by atoms with Crippen LogP contribution in [-0.2, 0) is 11.3 Å². The molecule has 1 saturated carbocycles. The highest BCUT2D eigenvalue weighted by Crippen LogP contribution is 2.35. The summed E-state index contributed by atoms with van der Waals surface area (Å²) >= 11 is 0. The minimum atomic E-state index is -5.08. The number of carbonyl (C=O) groups excluding carboxylic acids is 1. The zero-order chi connectivity index (χ0) is 23.9. The summed E-state index contributed by atoms with van der Waals surface area (Å²) in [5, 5.41) is 10.8. The number of pyridine rings is 1. The summed E-state index contributed by atoms with van der Waals surface area (Å²) in [6.45, 7) is 5.62. The molecule has 1 aromatic carbocycles. The van der Waals surface area contributed by atoms with E-state index in [0.717, 1.165) is 17.7 Å². The molecule has 2 aromatic rings. The summed E-state index contributed by atoms with van der Waals surface area (Å²) in [4.78, 5) is 24.3. The molecule has 1 aliphatic carbocycles. The first-order valence-corrected chi connectivity index (χ1v) is 10.2. The first-order valence-electron chi connectivity index (χ1n) is 10.2. The van der Waals surface area contributed by atoms with E-state index in [2.05, 4.69) is 48.4 Å². The van der Waals surface area contributed by atoms with Gasteiger partial charge in [-0.05, 0) is 48.3 Å². The standard InChI is InChI=1S/C21H27N3O.C2HF3O2/c1-21(2)9-7-19(8-10-21)24-12-15-3-5-16(6-4-15)17-11-18(20(22)25)14-23-13-17;3-2(4,5)1(6)7/h3-6,11,13-14,19,24H,7-10,12H2,1-2H3,(H2,22,25);(H,6,7). The van der Waals surface area contributed by atoms with Crippen molar-refractivity contribution in [3.63, 3.8) is 0 Å². The predicted octanol–water partition coefficient (Wildman–Crippen LogP) is 4.54. The van der Waals surface area contributed by atoms with Crippen molar-refractivity contribution in [2.24, 2.45) is 11.1 Å². The van der Waals surface area contributed by atoms with Gasteiger partial charge in [-0.3, -0.25) is 9.78 Å². The largest absolute Gasteiger partial charge is 0.490 e. The number of alkyl halides is 3. The Morgan fingerprint density at radius 2 is 1.69 bits per heavy atom. The number of nitrogens with zero attached hydrogens (tertiary/aromatic N) is 1. The van der Waals surface area contributed by atoms with Crippen molar-refractivity contribution in [3.8, 4) is 11.1 Å². The second-order valence-corrected chi connectivity index (χ2v) is 8.65. The van der Waals surface area contributed by atoms with Gasteiger partial charge in [-0.15, -0.1) is 0 Å². The van der Waals surface area contributed by atoms with Gasteiger partial charge < -0.3 is 16.2 Å². The molecule has 1 aliphatic rings. The number of aliphatic carboxylic acids is 1. The molecule has 3 rings (SSSR count). The lowest BCUT2D eigenvalue weighted by Gasteiger charge is -2.34. The minimum Gasteiger partial charge on any atom is -0.475 e. The average Bonchev–Trinajstić information content (AvgIpc) is 2.73. The van der Waals surface area contributed by atoms with E-state index in [1.807, 2.05) is 0 Å².